The Morgan fingerprint density at radius 2 is 1.95 bits per heavy atom. The molecule has 2 N–H and O–H groups in total. The number of amides is 1. The van der Waals surface area contributed by atoms with Gasteiger partial charge in [-0.2, -0.15) is 30.6 Å². The van der Waals surface area contributed by atoms with Crippen LogP contribution in [0.4, 0.5) is 18.0 Å². The number of ether oxygens (including phenoxy) is 3. The first-order valence-electron chi connectivity index (χ1n) is 11.4. The second-order valence-corrected chi connectivity index (χ2v) is 10.3. The van der Waals surface area contributed by atoms with E-state index in [1.807, 2.05) is 0 Å². The summed E-state index contributed by atoms with van der Waals surface area (Å²) in [7, 11) is -2.84. The fraction of sp³-hybridized carbons (Fsp3) is 0.478. The highest BCUT2D eigenvalue weighted by molar-refractivity contribution is 7.87. The number of aryl methyl sites for hydroxylation is 1. The zero-order valence-electron chi connectivity index (χ0n) is 20.9. The Balaban J connectivity index is 2.23. The minimum atomic E-state index is -4.64. The van der Waals surface area contributed by atoms with E-state index in [0.29, 0.717) is 40.9 Å². The van der Waals surface area contributed by atoms with E-state index in [2.05, 4.69) is 9.71 Å². The molecule has 0 aliphatic rings. The summed E-state index contributed by atoms with van der Waals surface area (Å²) in [6.07, 6.45) is -5.31. The van der Waals surface area contributed by atoms with Gasteiger partial charge in [-0.3, -0.25) is 0 Å². The number of aromatic nitrogens is 1. The number of halogens is 4. The van der Waals surface area contributed by atoms with Crippen molar-refractivity contribution in [3.63, 3.8) is 0 Å². The third-order valence-corrected chi connectivity index (χ3v) is 6.63. The molecule has 0 unspecified atom stereocenters. The molecule has 1 aromatic heterocycles. The van der Waals surface area contributed by atoms with Crippen LogP contribution in [0.3, 0.4) is 0 Å². The molecule has 2 aromatic rings. The van der Waals surface area contributed by atoms with E-state index in [9.17, 15) is 31.5 Å². The molecule has 0 atom stereocenters. The van der Waals surface area contributed by atoms with Crippen LogP contribution in [0.25, 0.3) is 0 Å². The van der Waals surface area contributed by atoms with Crippen LogP contribution in [0.2, 0.25) is 5.02 Å². The van der Waals surface area contributed by atoms with Crippen LogP contribution in [0, 0.1) is 0 Å². The number of carbonyl (C=O) groups is 1. The van der Waals surface area contributed by atoms with Crippen molar-refractivity contribution < 1.29 is 45.7 Å². The zero-order valence-corrected chi connectivity index (χ0v) is 22.5. The van der Waals surface area contributed by atoms with E-state index in [4.69, 9.17) is 25.8 Å². The monoisotopic (exact) mass is 583 g/mol. The molecule has 0 saturated carbocycles. The summed E-state index contributed by atoms with van der Waals surface area (Å²) >= 11 is 5.98. The number of carboxylic acid groups (broad SMARTS) is 1. The van der Waals surface area contributed by atoms with Gasteiger partial charge in [0.2, 0.25) is 5.88 Å². The van der Waals surface area contributed by atoms with Gasteiger partial charge in [0.05, 0.1) is 11.7 Å². The highest BCUT2D eigenvalue weighted by atomic mass is 35.5. The van der Waals surface area contributed by atoms with Crippen LogP contribution in [-0.2, 0) is 27.5 Å². The Morgan fingerprint density at radius 1 is 1.24 bits per heavy atom. The molecule has 1 heterocycles. The molecular weight excluding hydrogens is 555 g/mol. The largest absolute Gasteiger partial charge is 0.491 e. The van der Waals surface area contributed by atoms with Gasteiger partial charge < -0.3 is 19.3 Å². The van der Waals surface area contributed by atoms with E-state index >= 15 is 0 Å². The number of methoxy groups -OCH3 is 1. The normalized spacial score (nSPS) is 12.0. The molecule has 0 bridgehead atoms. The minimum absolute atomic E-state index is 0.00383. The number of benzene rings is 1. The molecule has 15 heteroatoms. The van der Waals surface area contributed by atoms with Gasteiger partial charge in [0, 0.05) is 39.1 Å². The first-order valence-corrected chi connectivity index (χ1v) is 13.3. The molecule has 0 fully saturated rings. The van der Waals surface area contributed by atoms with Gasteiger partial charge in [-0.25, -0.2) is 9.78 Å². The summed E-state index contributed by atoms with van der Waals surface area (Å²) < 4.78 is 82.4. The average Bonchev–Trinajstić information content (AvgIpc) is 2.80. The van der Waals surface area contributed by atoms with Crippen LogP contribution in [0.15, 0.2) is 30.5 Å². The van der Waals surface area contributed by atoms with Gasteiger partial charge in [0.15, 0.2) is 0 Å². The molecule has 0 aliphatic heterocycles. The predicted octanol–water partition coefficient (Wildman–Crippen LogP) is 5.12. The van der Waals surface area contributed by atoms with Crippen molar-refractivity contribution in [1.82, 2.24) is 14.0 Å². The Hall–Kier alpha value is -2.81. The Bertz CT molecular complexity index is 1200. The van der Waals surface area contributed by atoms with E-state index in [1.54, 1.807) is 26.0 Å². The zero-order chi connectivity index (χ0) is 28.5. The maximum absolute atomic E-state index is 13.0. The van der Waals surface area contributed by atoms with Crippen molar-refractivity contribution in [2.24, 2.45) is 0 Å². The molecule has 0 aliphatic carbocycles. The Kier molecular flexibility index (Phi) is 11.4. The van der Waals surface area contributed by atoms with Crippen LogP contribution in [0.5, 0.6) is 17.4 Å². The third-order valence-electron chi connectivity index (χ3n) is 4.87. The molecule has 0 saturated heterocycles. The average molecular weight is 584 g/mol. The van der Waals surface area contributed by atoms with Gasteiger partial charge in [-0.15, -0.1) is 0 Å². The van der Waals surface area contributed by atoms with Crippen LogP contribution in [0.1, 0.15) is 37.8 Å². The van der Waals surface area contributed by atoms with Crippen molar-refractivity contribution in [3.8, 4) is 17.4 Å². The number of pyridine rings is 1. The number of nitrogens with zero attached hydrogens (tertiary/aromatic N) is 2. The van der Waals surface area contributed by atoms with Crippen molar-refractivity contribution in [2.75, 3.05) is 26.8 Å². The molecule has 2 rings (SSSR count). The molecule has 0 spiro atoms. The number of hydrogen-bond donors (Lipinski definition) is 2. The lowest BCUT2D eigenvalue weighted by atomic mass is 10.1. The van der Waals surface area contributed by atoms with Crippen LogP contribution in [-0.4, -0.2) is 61.8 Å². The molecular formula is C23H29ClF3N3O7S. The topological polar surface area (TPSA) is 127 Å². The molecule has 1 amide bonds. The lowest BCUT2D eigenvalue weighted by molar-refractivity contribution is -0.137. The van der Waals surface area contributed by atoms with Gasteiger partial charge >= 0.3 is 22.5 Å². The fourth-order valence-corrected chi connectivity index (χ4v) is 4.51. The summed E-state index contributed by atoms with van der Waals surface area (Å²) in [6, 6.07) is 5.43. The fourth-order valence-electron chi connectivity index (χ4n) is 3.17. The molecule has 10 nitrogen and oxygen atoms in total. The quantitative estimate of drug-likeness (QED) is 0.294. The molecule has 0 radical (unpaired) electrons. The van der Waals surface area contributed by atoms with Crippen LogP contribution < -0.4 is 14.2 Å². The first kappa shape index (κ1) is 31.4. The standard InChI is InChI=1S/C23H29ClF3N3O7S/c1-15(2)36-18-8-7-16(6-4-10-30(22(31)32)38(33,34)29-9-5-11-35-3)20(13-18)37-21-19(24)12-17(14-28-21)23(25,26)27/h7-8,12-15,29H,4-6,9-11H2,1-3H3,(H,31,32). The maximum Gasteiger partial charge on any atom is 0.422 e. The van der Waals surface area contributed by atoms with E-state index in [1.165, 1.54) is 13.2 Å². The number of alkyl halides is 3. The van der Waals surface area contributed by atoms with Crippen molar-refractivity contribution in [1.29, 1.82) is 0 Å². The number of nitrogens with one attached hydrogen (secondary N) is 1. The van der Waals surface area contributed by atoms with Crippen LogP contribution >= 0.6 is 11.6 Å². The van der Waals surface area contributed by atoms with Crippen molar-refractivity contribution >= 4 is 27.9 Å². The SMILES string of the molecule is COCCCNS(=O)(=O)N(CCCc1ccc(OC(C)C)cc1Oc1ncc(C(F)(F)F)cc1Cl)C(=O)O. The molecule has 212 valence electrons. The lowest BCUT2D eigenvalue weighted by Crippen LogP contribution is -2.44. The molecule has 38 heavy (non-hydrogen) atoms. The summed E-state index contributed by atoms with van der Waals surface area (Å²) in [5.41, 5.74) is -0.549. The second-order valence-electron chi connectivity index (χ2n) is 8.25. The summed E-state index contributed by atoms with van der Waals surface area (Å²) in [6.45, 7) is 3.53. The molecule has 1 aromatic carbocycles. The Morgan fingerprint density at radius 3 is 2.53 bits per heavy atom. The predicted molar refractivity (Wildman–Crippen MR) is 133 cm³/mol. The second kappa shape index (κ2) is 13.8. The van der Waals surface area contributed by atoms with Gasteiger partial charge in [0.25, 0.3) is 0 Å². The third kappa shape index (κ3) is 9.49. The maximum atomic E-state index is 13.0. The number of hydrogen-bond acceptors (Lipinski definition) is 7. The van der Waals surface area contributed by atoms with Gasteiger partial charge in [0.1, 0.15) is 16.5 Å². The van der Waals surface area contributed by atoms with E-state index in [0.717, 1.165) is 0 Å². The smallest absolute Gasteiger partial charge is 0.422 e. The lowest BCUT2D eigenvalue weighted by Gasteiger charge is -2.20. The highest BCUT2D eigenvalue weighted by Crippen LogP contribution is 2.36. The van der Waals surface area contributed by atoms with Gasteiger partial charge in [-0.1, -0.05) is 17.7 Å². The summed E-state index contributed by atoms with van der Waals surface area (Å²) in [4.78, 5) is 15.3. The van der Waals surface area contributed by atoms with Crippen molar-refractivity contribution in [2.45, 2.75) is 45.4 Å². The van der Waals surface area contributed by atoms with Gasteiger partial charge in [-0.05, 0) is 50.8 Å². The summed E-state index contributed by atoms with van der Waals surface area (Å²) in [5, 5.41) is 9.05. The minimum Gasteiger partial charge on any atom is -0.491 e. The van der Waals surface area contributed by atoms with E-state index < -0.39 is 28.0 Å². The van der Waals surface area contributed by atoms with E-state index in [-0.39, 0.29) is 48.7 Å². The Labute approximate surface area is 223 Å². The summed E-state index contributed by atoms with van der Waals surface area (Å²) in [5.74, 6) is 0.272. The number of rotatable bonds is 14. The first-order chi connectivity index (χ1) is 17.7. The van der Waals surface area contributed by atoms with Crippen molar-refractivity contribution in [3.05, 3.63) is 46.6 Å². The highest BCUT2D eigenvalue weighted by Gasteiger charge is 2.32.